The standard InChI is InChI=1S/C12H10FN3O3S/c1-5-9(12(18)19)11(20-16-5)15-10(17)7-3-2-6(14)4-8(7)13/h2-4H,14H2,1H3,(H,15,17)(H,18,19). The van der Waals surface area contributed by atoms with Gasteiger partial charge in [0, 0.05) is 5.69 Å². The second kappa shape index (κ2) is 5.25. The summed E-state index contributed by atoms with van der Waals surface area (Å²) in [7, 11) is 0. The lowest BCUT2D eigenvalue weighted by Crippen LogP contribution is -2.15. The number of amides is 1. The molecular weight excluding hydrogens is 285 g/mol. The molecule has 104 valence electrons. The van der Waals surface area contributed by atoms with E-state index in [1.54, 1.807) is 0 Å². The Bertz CT molecular complexity index is 699. The number of nitrogens with one attached hydrogen (secondary N) is 1. The Morgan fingerprint density at radius 3 is 2.75 bits per heavy atom. The third-order valence-corrected chi connectivity index (χ3v) is 3.40. The Labute approximate surface area is 117 Å². The fourth-order valence-corrected chi connectivity index (χ4v) is 2.38. The van der Waals surface area contributed by atoms with E-state index in [0.29, 0.717) is 0 Å². The molecule has 2 aromatic rings. The van der Waals surface area contributed by atoms with Crippen LogP contribution in [0.15, 0.2) is 18.2 Å². The molecule has 1 aromatic carbocycles. The summed E-state index contributed by atoms with van der Waals surface area (Å²) in [4.78, 5) is 23.0. The Hall–Kier alpha value is -2.48. The van der Waals surface area contributed by atoms with Gasteiger partial charge in [0.05, 0.1) is 11.3 Å². The Morgan fingerprint density at radius 2 is 2.15 bits per heavy atom. The number of carboxylic acids is 1. The molecule has 8 heteroatoms. The summed E-state index contributed by atoms with van der Waals surface area (Å²) < 4.78 is 17.5. The number of aromatic nitrogens is 1. The van der Waals surface area contributed by atoms with Crippen molar-refractivity contribution in [2.24, 2.45) is 0 Å². The van der Waals surface area contributed by atoms with E-state index in [-0.39, 0.29) is 27.5 Å². The van der Waals surface area contributed by atoms with Crippen LogP contribution in [0.1, 0.15) is 26.4 Å². The lowest BCUT2D eigenvalue weighted by molar-refractivity contribution is 0.0697. The molecule has 1 amide bonds. The lowest BCUT2D eigenvalue weighted by Gasteiger charge is -2.05. The van der Waals surface area contributed by atoms with Crippen LogP contribution in [0.3, 0.4) is 0 Å². The van der Waals surface area contributed by atoms with Crippen LogP contribution >= 0.6 is 11.5 Å². The van der Waals surface area contributed by atoms with E-state index in [0.717, 1.165) is 17.6 Å². The van der Waals surface area contributed by atoms with Gasteiger partial charge < -0.3 is 16.2 Å². The van der Waals surface area contributed by atoms with E-state index < -0.39 is 17.7 Å². The summed E-state index contributed by atoms with van der Waals surface area (Å²) in [5, 5.41) is 11.4. The maximum Gasteiger partial charge on any atom is 0.340 e. The first kappa shape index (κ1) is 13.9. The summed E-state index contributed by atoms with van der Waals surface area (Å²) in [5.41, 5.74) is 5.55. The van der Waals surface area contributed by atoms with Gasteiger partial charge in [-0.3, -0.25) is 4.79 Å². The highest BCUT2D eigenvalue weighted by atomic mass is 32.1. The second-order valence-corrected chi connectivity index (χ2v) is 4.74. The average Bonchev–Trinajstić information content (AvgIpc) is 2.70. The van der Waals surface area contributed by atoms with Crippen LogP contribution in [0.2, 0.25) is 0 Å². The van der Waals surface area contributed by atoms with Crippen LogP contribution in [0.25, 0.3) is 0 Å². The molecule has 0 saturated carbocycles. The van der Waals surface area contributed by atoms with Crippen LogP contribution in [0.4, 0.5) is 15.1 Å². The zero-order valence-corrected chi connectivity index (χ0v) is 11.1. The smallest absolute Gasteiger partial charge is 0.340 e. The largest absolute Gasteiger partial charge is 0.478 e. The number of nitrogen functional groups attached to an aromatic ring is 1. The first-order valence-electron chi connectivity index (χ1n) is 5.46. The van der Waals surface area contributed by atoms with Crippen LogP contribution in [-0.4, -0.2) is 21.4 Å². The second-order valence-electron chi connectivity index (χ2n) is 3.97. The zero-order chi connectivity index (χ0) is 14.9. The molecule has 20 heavy (non-hydrogen) atoms. The van der Waals surface area contributed by atoms with Crippen molar-refractivity contribution >= 4 is 34.1 Å². The summed E-state index contributed by atoms with van der Waals surface area (Å²) >= 11 is 0.827. The number of rotatable bonds is 3. The number of benzene rings is 1. The molecule has 0 unspecified atom stereocenters. The maximum absolute atomic E-state index is 13.6. The van der Waals surface area contributed by atoms with Crippen molar-refractivity contribution in [2.45, 2.75) is 6.92 Å². The van der Waals surface area contributed by atoms with E-state index >= 15 is 0 Å². The monoisotopic (exact) mass is 295 g/mol. The molecule has 4 N–H and O–H groups in total. The number of aryl methyl sites for hydroxylation is 1. The molecule has 2 rings (SSSR count). The van der Waals surface area contributed by atoms with Crippen molar-refractivity contribution in [3.05, 3.63) is 40.8 Å². The molecule has 0 spiro atoms. The van der Waals surface area contributed by atoms with Crippen molar-refractivity contribution in [3.63, 3.8) is 0 Å². The van der Waals surface area contributed by atoms with Gasteiger partial charge in [-0.15, -0.1) is 0 Å². The molecule has 0 aliphatic carbocycles. The number of nitrogens with zero attached hydrogens (tertiary/aromatic N) is 1. The minimum absolute atomic E-state index is 0.0659. The number of halogens is 1. The number of aromatic carboxylic acids is 1. The molecular formula is C12H10FN3O3S. The van der Waals surface area contributed by atoms with Crippen LogP contribution in [0, 0.1) is 12.7 Å². The number of carbonyl (C=O) groups excluding carboxylic acids is 1. The minimum atomic E-state index is -1.20. The predicted octanol–water partition coefficient (Wildman–Crippen LogP) is 2.12. The van der Waals surface area contributed by atoms with Gasteiger partial charge in [0.1, 0.15) is 16.4 Å². The van der Waals surface area contributed by atoms with Gasteiger partial charge in [-0.2, -0.15) is 4.37 Å². The van der Waals surface area contributed by atoms with Gasteiger partial charge in [-0.25, -0.2) is 9.18 Å². The van der Waals surface area contributed by atoms with E-state index in [1.807, 2.05) is 0 Å². The predicted molar refractivity (Wildman–Crippen MR) is 72.6 cm³/mol. The molecule has 0 radical (unpaired) electrons. The Kier molecular flexibility index (Phi) is 3.66. The van der Waals surface area contributed by atoms with Gasteiger partial charge in [0.25, 0.3) is 5.91 Å². The summed E-state index contributed by atoms with van der Waals surface area (Å²) in [6, 6.07) is 3.63. The minimum Gasteiger partial charge on any atom is -0.478 e. The number of anilines is 2. The van der Waals surface area contributed by atoms with Gasteiger partial charge in [0.2, 0.25) is 0 Å². The zero-order valence-electron chi connectivity index (χ0n) is 10.3. The third-order valence-electron chi connectivity index (χ3n) is 2.54. The van der Waals surface area contributed by atoms with Gasteiger partial charge >= 0.3 is 5.97 Å². The number of carbonyl (C=O) groups is 2. The van der Waals surface area contributed by atoms with E-state index in [2.05, 4.69) is 9.69 Å². The normalized spacial score (nSPS) is 10.3. The Balaban J connectivity index is 2.31. The van der Waals surface area contributed by atoms with Gasteiger partial charge in [-0.05, 0) is 36.7 Å². The van der Waals surface area contributed by atoms with E-state index in [4.69, 9.17) is 10.8 Å². The summed E-state index contributed by atoms with van der Waals surface area (Å²) in [6.07, 6.45) is 0. The highest BCUT2D eigenvalue weighted by molar-refractivity contribution is 7.11. The SMILES string of the molecule is Cc1nsc(NC(=O)c2ccc(N)cc2F)c1C(=O)O. The van der Waals surface area contributed by atoms with Crippen molar-refractivity contribution < 1.29 is 19.1 Å². The van der Waals surface area contributed by atoms with Crippen molar-refractivity contribution in [1.82, 2.24) is 4.37 Å². The fourth-order valence-electron chi connectivity index (χ4n) is 1.59. The number of hydrogen-bond donors (Lipinski definition) is 3. The lowest BCUT2D eigenvalue weighted by atomic mass is 10.1. The molecule has 0 aliphatic rings. The van der Waals surface area contributed by atoms with Gasteiger partial charge in [-0.1, -0.05) is 0 Å². The van der Waals surface area contributed by atoms with Crippen LogP contribution in [-0.2, 0) is 0 Å². The van der Waals surface area contributed by atoms with Crippen molar-refractivity contribution in [1.29, 1.82) is 0 Å². The van der Waals surface area contributed by atoms with E-state index in [9.17, 15) is 14.0 Å². The first-order valence-corrected chi connectivity index (χ1v) is 6.23. The third kappa shape index (κ3) is 2.59. The highest BCUT2D eigenvalue weighted by Gasteiger charge is 2.21. The van der Waals surface area contributed by atoms with Crippen molar-refractivity contribution in [3.8, 4) is 0 Å². The molecule has 1 heterocycles. The molecule has 0 saturated heterocycles. The average molecular weight is 295 g/mol. The molecule has 0 fully saturated rings. The molecule has 1 aromatic heterocycles. The van der Waals surface area contributed by atoms with Crippen molar-refractivity contribution in [2.75, 3.05) is 11.1 Å². The van der Waals surface area contributed by atoms with Crippen LogP contribution in [0.5, 0.6) is 0 Å². The van der Waals surface area contributed by atoms with Crippen LogP contribution < -0.4 is 11.1 Å². The molecule has 6 nitrogen and oxygen atoms in total. The van der Waals surface area contributed by atoms with E-state index in [1.165, 1.54) is 19.1 Å². The summed E-state index contributed by atoms with van der Waals surface area (Å²) in [5.74, 6) is -2.74. The molecule has 0 bridgehead atoms. The maximum atomic E-state index is 13.6. The molecule has 0 aliphatic heterocycles. The number of hydrogen-bond acceptors (Lipinski definition) is 5. The first-order chi connectivity index (χ1) is 9.40. The number of carboxylic acid groups (broad SMARTS) is 1. The topological polar surface area (TPSA) is 105 Å². The number of nitrogens with two attached hydrogens (primary N) is 1. The Morgan fingerprint density at radius 1 is 1.45 bits per heavy atom. The quantitative estimate of drug-likeness (QED) is 0.752. The highest BCUT2D eigenvalue weighted by Crippen LogP contribution is 2.25. The van der Waals surface area contributed by atoms with Gasteiger partial charge in [0.15, 0.2) is 0 Å². The summed E-state index contributed by atoms with van der Waals surface area (Å²) in [6.45, 7) is 1.51. The molecule has 0 atom stereocenters. The fraction of sp³-hybridized carbons (Fsp3) is 0.0833.